The Morgan fingerprint density at radius 1 is 1.42 bits per heavy atom. The fourth-order valence-corrected chi connectivity index (χ4v) is 3.37. The predicted octanol–water partition coefficient (Wildman–Crippen LogP) is 1.99. The van der Waals surface area contributed by atoms with Crippen molar-refractivity contribution in [2.24, 2.45) is 0 Å². The van der Waals surface area contributed by atoms with Gasteiger partial charge in [0.1, 0.15) is 6.61 Å². The summed E-state index contributed by atoms with van der Waals surface area (Å²) in [5.41, 5.74) is 1.11. The number of carbonyl (C=O) groups is 1. The lowest BCUT2D eigenvalue weighted by Crippen LogP contribution is -2.44. The van der Waals surface area contributed by atoms with Crippen molar-refractivity contribution in [3.05, 3.63) is 23.8 Å². The van der Waals surface area contributed by atoms with Gasteiger partial charge in [0.15, 0.2) is 11.5 Å². The van der Waals surface area contributed by atoms with Crippen LogP contribution in [-0.4, -0.2) is 41.9 Å². The summed E-state index contributed by atoms with van der Waals surface area (Å²) < 4.78 is 11.1. The average molecular weight is 326 g/mol. The number of amides is 1. The van der Waals surface area contributed by atoms with Gasteiger partial charge >= 0.3 is 0 Å². The van der Waals surface area contributed by atoms with Crippen LogP contribution in [0.1, 0.15) is 12.0 Å². The van der Waals surface area contributed by atoms with Gasteiger partial charge in [-0.15, -0.1) is 0 Å². The molecule has 0 saturated carbocycles. The zero-order valence-corrected chi connectivity index (χ0v) is 12.4. The minimum absolute atomic E-state index is 0.134. The molecule has 1 fully saturated rings. The molecule has 1 saturated heterocycles. The Hall–Kier alpha value is -1.23. The molecule has 3 rings (SSSR count). The van der Waals surface area contributed by atoms with E-state index in [-0.39, 0.29) is 16.8 Å². The zero-order valence-electron chi connectivity index (χ0n) is 10.8. The van der Waals surface area contributed by atoms with Crippen molar-refractivity contribution < 1.29 is 14.3 Å². The topological polar surface area (TPSA) is 38.8 Å². The van der Waals surface area contributed by atoms with E-state index in [0.717, 1.165) is 30.0 Å². The van der Waals surface area contributed by atoms with Gasteiger partial charge in [0, 0.05) is 23.4 Å². The molecule has 0 radical (unpaired) electrons. The number of nitrogens with zero attached hydrogens (tertiary/aromatic N) is 1. The summed E-state index contributed by atoms with van der Waals surface area (Å²) in [6.45, 7) is 1.31. The third-order valence-electron chi connectivity index (χ3n) is 3.71. The van der Waals surface area contributed by atoms with Crippen LogP contribution in [0.4, 0.5) is 0 Å². The fourth-order valence-electron chi connectivity index (χ4n) is 2.78. The van der Waals surface area contributed by atoms with Gasteiger partial charge in [0.05, 0.1) is 13.2 Å². The summed E-state index contributed by atoms with van der Waals surface area (Å²) in [7, 11) is 1.64. The fraction of sp³-hybridized carbons (Fsp3) is 0.500. The van der Waals surface area contributed by atoms with Gasteiger partial charge in [-0.1, -0.05) is 28.1 Å². The Morgan fingerprint density at radius 3 is 2.95 bits per heavy atom. The molecule has 2 heterocycles. The van der Waals surface area contributed by atoms with Crippen molar-refractivity contribution in [2.45, 2.75) is 23.7 Å². The van der Waals surface area contributed by atoms with Crippen LogP contribution in [0.3, 0.4) is 0 Å². The Labute approximate surface area is 120 Å². The number of fused-ring (bicyclic) bond motifs is 1. The third kappa shape index (κ3) is 2.31. The lowest BCUT2D eigenvalue weighted by atomic mass is 10.0. The highest BCUT2D eigenvalue weighted by molar-refractivity contribution is 9.09. The summed E-state index contributed by atoms with van der Waals surface area (Å²) in [6.07, 6.45) is 1.42. The van der Waals surface area contributed by atoms with Crippen molar-refractivity contribution in [1.29, 1.82) is 0 Å². The number of carbonyl (C=O) groups excluding carboxylic acids is 1. The normalized spacial score (nSPS) is 26.0. The maximum Gasteiger partial charge on any atom is 0.224 e. The van der Waals surface area contributed by atoms with Gasteiger partial charge in [0.2, 0.25) is 5.91 Å². The van der Waals surface area contributed by atoms with Gasteiger partial charge < -0.3 is 14.4 Å². The summed E-state index contributed by atoms with van der Waals surface area (Å²) in [5, 5.41) is 0. The highest BCUT2D eigenvalue weighted by atomic mass is 79.9. The van der Waals surface area contributed by atoms with E-state index in [1.807, 2.05) is 23.1 Å². The highest BCUT2D eigenvalue weighted by Gasteiger charge is 2.35. The number of rotatable bonds is 2. The first-order chi connectivity index (χ1) is 9.19. The van der Waals surface area contributed by atoms with E-state index >= 15 is 0 Å². The first-order valence-electron chi connectivity index (χ1n) is 6.41. The Balaban J connectivity index is 1.81. The standard InChI is InChI=1S/C14H16BrNO3/c1-18-12-4-2-3-9-5-11(8-19-14(9)12)16-7-10(15)6-13(16)17/h2-4,10-11H,5-8H2,1H3. The van der Waals surface area contributed by atoms with E-state index in [9.17, 15) is 4.79 Å². The second kappa shape index (κ2) is 5.04. The van der Waals surface area contributed by atoms with Crippen molar-refractivity contribution in [3.63, 3.8) is 0 Å². The first-order valence-corrected chi connectivity index (χ1v) is 7.33. The molecule has 2 atom stereocenters. The molecule has 1 aromatic rings. The van der Waals surface area contributed by atoms with Gasteiger partial charge in [-0.25, -0.2) is 0 Å². The second-order valence-corrected chi connectivity index (χ2v) is 6.26. The number of hydrogen-bond donors (Lipinski definition) is 0. The Kier molecular flexibility index (Phi) is 3.39. The molecule has 1 aromatic carbocycles. The molecule has 102 valence electrons. The highest BCUT2D eigenvalue weighted by Crippen LogP contribution is 2.36. The molecule has 0 aromatic heterocycles. The number of benzene rings is 1. The lowest BCUT2D eigenvalue weighted by Gasteiger charge is -2.32. The largest absolute Gasteiger partial charge is 0.493 e. The first kappa shape index (κ1) is 12.8. The summed E-state index contributed by atoms with van der Waals surface area (Å²) in [6, 6.07) is 6.03. The van der Waals surface area contributed by atoms with Crippen LogP contribution in [0.5, 0.6) is 11.5 Å². The maximum atomic E-state index is 11.9. The van der Waals surface area contributed by atoms with Crippen LogP contribution in [-0.2, 0) is 11.2 Å². The van der Waals surface area contributed by atoms with E-state index in [4.69, 9.17) is 9.47 Å². The number of ether oxygens (including phenoxy) is 2. The summed E-state index contributed by atoms with van der Waals surface area (Å²) >= 11 is 3.52. The van der Waals surface area contributed by atoms with E-state index in [2.05, 4.69) is 15.9 Å². The quantitative estimate of drug-likeness (QED) is 0.781. The maximum absolute atomic E-state index is 11.9. The van der Waals surface area contributed by atoms with Crippen molar-refractivity contribution in [1.82, 2.24) is 4.90 Å². The average Bonchev–Trinajstić information content (AvgIpc) is 2.76. The molecule has 2 unspecified atom stereocenters. The molecule has 2 aliphatic rings. The Morgan fingerprint density at radius 2 is 2.26 bits per heavy atom. The zero-order chi connectivity index (χ0) is 13.4. The molecular formula is C14H16BrNO3. The lowest BCUT2D eigenvalue weighted by molar-refractivity contribution is -0.130. The molecular weight excluding hydrogens is 310 g/mol. The van der Waals surface area contributed by atoms with E-state index < -0.39 is 0 Å². The number of halogens is 1. The third-order valence-corrected chi connectivity index (χ3v) is 4.32. The minimum Gasteiger partial charge on any atom is -0.493 e. The van der Waals surface area contributed by atoms with Crippen LogP contribution in [0.15, 0.2) is 18.2 Å². The second-order valence-electron chi connectivity index (χ2n) is 4.96. The smallest absolute Gasteiger partial charge is 0.224 e. The minimum atomic E-state index is 0.134. The molecule has 0 aliphatic carbocycles. The molecule has 2 aliphatic heterocycles. The predicted molar refractivity (Wildman–Crippen MR) is 75.0 cm³/mol. The van der Waals surface area contributed by atoms with Gasteiger partial charge in [-0.3, -0.25) is 4.79 Å². The van der Waals surface area contributed by atoms with Crippen LogP contribution in [0.2, 0.25) is 0 Å². The molecule has 19 heavy (non-hydrogen) atoms. The Bertz CT molecular complexity index is 505. The molecule has 0 bridgehead atoms. The molecule has 0 N–H and O–H groups in total. The summed E-state index contributed by atoms with van der Waals surface area (Å²) in [5.74, 6) is 1.80. The van der Waals surface area contributed by atoms with Crippen LogP contribution >= 0.6 is 15.9 Å². The van der Waals surface area contributed by atoms with Crippen LogP contribution < -0.4 is 9.47 Å². The van der Waals surface area contributed by atoms with Gasteiger partial charge in [-0.05, 0) is 12.5 Å². The van der Waals surface area contributed by atoms with E-state index in [1.54, 1.807) is 7.11 Å². The van der Waals surface area contributed by atoms with Crippen LogP contribution in [0, 0.1) is 0 Å². The van der Waals surface area contributed by atoms with Crippen molar-refractivity contribution in [3.8, 4) is 11.5 Å². The SMILES string of the molecule is COc1cccc2c1OCC(N1CC(Br)CC1=O)C2. The molecule has 5 heteroatoms. The van der Waals surface area contributed by atoms with Gasteiger partial charge in [0.25, 0.3) is 0 Å². The van der Waals surface area contributed by atoms with Crippen LogP contribution in [0.25, 0.3) is 0 Å². The van der Waals surface area contributed by atoms with Crippen molar-refractivity contribution in [2.75, 3.05) is 20.3 Å². The monoisotopic (exact) mass is 325 g/mol. The van der Waals surface area contributed by atoms with Crippen molar-refractivity contribution >= 4 is 21.8 Å². The van der Waals surface area contributed by atoms with E-state index in [0.29, 0.717) is 13.0 Å². The van der Waals surface area contributed by atoms with Gasteiger partial charge in [-0.2, -0.15) is 0 Å². The number of hydrogen-bond acceptors (Lipinski definition) is 3. The number of para-hydroxylation sites is 1. The van der Waals surface area contributed by atoms with E-state index in [1.165, 1.54) is 0 Å². The number of likely N-dealkylation sites (tertiary alicyclic amines) is 1. The number of methoxy groups -OCH3 is 1. The number of alkyl halides is 1. The molecule has 0 spiro atoms. The summed E-state index contributed by atoms with van der Waals surface area (Å²) in [4.78, 5) is 14.1. The molecule has 1 amide bonds. The molecule has 4 nitrogen and oxygen atoms in total.